The van der Waals surface area contributed by atoms with E-state index >= 15 is 0 Å². The molecular weight excluding hydrogens is 172 g/mol. The molecule has 1 aliphatic rings. The van der Waals surface area contributed by atoms with Gasteiger partial charge in [0, 0.05) is 12.6 Å². The summed E-state index contributed by atoms with van der Waals surface area (Å²) in [4.78, 5) is 0. The van der Waals surface area contributed by atoms with Gasteiger partial charge in [0.25, 0.3) is 0 Å². The molecule has 84 valence electrons. The zero-order valence-electron chi connectivity index (χ0n) is 9.76. The van der Waals surface area contributed by atoms with Gasteiger partial charge in [0.1, 0.15) is 0 Å². The van der Waals surface area contributed by atoms with Crippen LogP contribution in [0.15, 0.2) is 0 Å². The van der Waals surface area contributed by atoms with Gasteiger partial charge in [-0.1, -0.05) is 26.7 Å². The molecule has 1 saturated carbocycles. The third kappa shape index (κ3) is 4.43. The van der Waals surface area contributed by atoms with Crippen LogP contribution in [0, 0.1) is 11.8 Å². The van der Waals surface area contributed by atoms with E-state index in [1.165, 1.54) is 32.1 Å². The summed E-state index contributed by atoms with van der Waals surface area (Å²) in [7, 11) is 0. The quantitative estimate of drug-likeness (QED) is 0.627. The Balaban J connectivity index is 2.06. The molecule has 2 heteroatoms. The van der Waals surface area contributed by atoms with Gasteiger partial charge in [0.2, 0.25) is 0 Å². The zero-order valence-corrected chi connectivity index (χ0v) is 9.76. The van der Waals surface area contributed by atoms with E-state index in [9.17, 15) is 0 Å². The van der Waals surface area contributed by atoms with E-state index in [-0.39, 0.29) is 0 Å². The van der Waals surface area contributed by atoms with Crippen LogP contribution in [0.25, 0.3) is 0 Å². The van der Waals surface area contributed by atoms with E-state index in [1.54, 1.807) is 0 Å². The van der Waals surface area contributed by atoms with E-state index in [0.717, 1.165) is 24.9 Å². The van der Waals surface area contributed by atoms with E-state index in [1.807, 2.05) is 0 Å². The second-order valence-corrected chi connectivity index (χ2v) is 4.80. The molecule has 0 heterocycles. The molecule has 0 saturated heterocycles. The van der Waals surface area contributed by atoms with Crippen molar-refractivity contribution in [1.29, 1.82) is 0 Å². The Labute approximate surface area is 88.6 Å². The SMILES string of the molecule is CCCCC(CN)NCC(C)C1CC1. The second kappa shape index (κ2) is 6.41. The summed E-state index contributed by atoms with van der Waals surface area (Å²) in [5.74, 6) is 1.86. The van der Waals surface area contributed by atoms with Crippen molar-refractivity contribution in [3.05, 3.63) is 0 Å². The van der Waals surface area contributed by atoms with Crippen molar-refractivity contribution in [3.8, 4) is 0 Å². The summed E-state index contributed by atoms with van der Waals surface area (Å²) in [6, 6.07) is 0.552. The largest absolute Gasteiger partial charge is 0.329 e. The Bertz CT molecular complexity index is 143. The lowest BCUT2D eigenvalue weighted by Gasteiger charge is -2.19. The van der Waals surface area contributed by atoms with Gasteiger partial charge in [-0.05, 0) is 37.6 Å². The van der Waals surface area contributed by atoms with Gasteiger partial charge in [0.05, 0.1) is 0 Å². The molecule has 3 N–H and O–H groups in total. The van der Waals surface area contributed by atoms with Gasteiger partial charge in [-0.3, -0.25) is 0 Å². The average Bonchev–Trinajstić information content (AvgIpc) is 3.01. The third-order valence-electron chi connectivity index (χ3n) is 3.35. The van der Waals surface area contributed by atoms with Crippen molar-refractivity contribution in [2.24, 2.45) is 17.6 Å². The Kier molecular flexibility index (Phi) is 5.49. The highest BCUT2D eigenvalue weighted by molar-refractivity contribution is 4.81. The summed E-state index contributed by atoms with van der Waals surface area (Å²) < 4.78 is 0. The summed E-state index contributed by atoms with van der Waals surface area (Å²) >= 11 is 0. The fourth-order valence-electron chi connectivity index (χ4n) is 1.94. The molecule has 2 nitrogen and oxygen atoms in total. The molecule has 14 heavy (non-hydrogen) atoms. The van der Waals surface area contributed by atoms with Crippen molar-refractivity contribution in [2.75, 3.05) is 13.1 Å². The highest BCUT2D eigenvalue weighted by atomic mass is 14.9. The predicted octanol–water partition coefficient (Wildman–Crippen LogP) is 2.14. The minimum absolute atomic E-state index is 0.552. The minimum Gasteiger partial charge on any atom is -0.329 e. The van der Waals surface area contributed by atoms with Crippen molar-refractivity contribution >= 4 is 0 Å². The summed E-state index contributed by atoms with van der Waals surface area (Å²) in [5, 5.41) is 3.60. The van der Waals surface area contributed by atoms with Crippen molar-refractivity contribution in [3.63, 3.8) is 0 Å². The molecule has 1 rings (SSSR count). The Morgan fingerprint density at radius 2 is 2.14 bits per heavy atom. The van der Waals surface area contributed by atoms with Crippen LogP contribution in [-0.2, 0) is 0 Å². The maximum absolute atomic E-state index is 5.73. The molecule has 2 atom stereocenters. The molecule has 1 fully saturated rings. The van der Waals surface area contributed by atoms with Crippen LogP contribution in [0.5, 0.6) is 0 Å². The molecule has 0 aromatic rings. The molecule has 0 amide bonds. The van der Waals surface area contributed by atoms with Crippen LogP contribution >= 0.6 is 0 Å². The number of unbranched alkanes of at least 4 members (excludes halogenated alkanes) is 1. The predicted molar refractivity (Wildman–Crippen MR) is 62.3 cm³/mol. The first-order valence-electron chi connectivity index (χ1n) is 6.21. The lowest BCUT2D eigenvalue weighted by atomic mass is 10.0. The number of nitrogens with one attached hydrogen (secondary N) is 1. The summed E-state index contributed by atoms with van der Waals surface area (Å²) in [5.41, 5.74) is 5.73. The number of rotatable bonds is 8. The van der Waals surface area contributed by atoms with E-state index < -0.39 is 0 Å². The molecular formula is C12H26N2. The van der Waals surface area contributed by atoms with E-state index in [2.05, 4.69) is 19.2 Å². The van der Waals surface area contributed by atoms with Crippen LogP contribution in [0.4, 0.5) is 0 Å². The van der Waals surface area contributed by atoms with Crippen LogP contribution in [0.1, 0.15) is 46.0 Å². The Morgan fingerprint density at radius 1 is 1.43 bits per heavy atom. The zero-order chi connectivity index (χ0) is 10.4. The average molecular weight is 198 g/mol. The molecule has 2 unspecified atom stereocenters. The van der Waals surface area contributed by atoms with Crippen molar-refractivity contribution < 1.29 is 0 Å². The topological polar surface area (TPSA) is 38.0 Å². The van der Waals surface area contributed by atoms with Crippen molar-refractivity contribution in [1.82, 2.24) is 5.32 Å². The number of hydrogen-bond acceptors (Lipinski definition) is 2. The third-order valence-corrected chi connectivity index (χ3v) is 3.35. The fourth-order valence-corrected chi connectivity index (χ4v) is 1.94. The number of hydrogen-bond donors (Lipinski definition) is 2. The monoisotopic (exact) mass is 198 g/mol. The van der Waals surface area contributed by atoms with Gasteiger partial charge in [-0.25, -0.2) is 0 Å². The molecule has 1 aliphatic carbocycles. The van der Waals surface area contributed by atoms with Gasteiger partial charge < -0.3 is 11.1 Å². The van der Waals surface area contributed by atoms with Crippen LogP contribution in [0.3, 0.4) is 0 Å². The molecule has 0 bridgehead atoms. The first-order chi connectivity index (χ1) is 6.77. The Morgan fingerprint density at radius 3 is 2.64 bits per heavy atom. The number of nitrogens with two attached hydrogens (primary N) is 1. The van der Waals surface area contributed by atoms with Crippen LogP contribution in [-0.4, -0.2) is 19.1 Å². The van der Waals surface area contributed by atoms with Gasteiger partial charge >= 0.3 is 0 Å². The Hall–Kier alpha value is -0.0800. The minimum atomic E-state index is 0.552. The molecule has 0 spiro atoms. The van der Waals surface area contributed by atoms with E-state index in [0.29, 0.717) is 6.04 Å². The summed E-state index contributed by atoms with van der Waals surface area (Å²) in [6.45, 7) is 6.55. The fraction of sp³-hybridized carbons (Fsp3) is 1.00. The van der Waals surface area contributed by atoms with Gasteiger partial charge in [-0.15, -0.1) is 0 Å². The normalized spacial score (nSPS) is 20.8. The molecule has 0 aromatic heterocycles. The molecule has 0 aliphatic heterocycles. The first-order valence-corrected chi connectivity index (χ1v) is 6.21. The maximum atomic E-state index is 5.73. The summed E-state index contributed by atoms with van der Waals surface area (Å²) in [6.07, 6.45) is 6.71. The van der Waals surface area contributed by atoms with Gasteiger partial charge in [-0.2, -0.15) is 0 Å². The highest BCUT2D eigenvalue weighted by Gasteiger charge is 2.27. The lowest BCUT2D eigenvalue weighted by Crippen LogP contribution is -2.38. The standard InChI is InChI=1S/C12H26N2/c1-3-4-5-12(8-13)14-9-10(2)11-6-7-11/h10-12,14H,3-9,13H2,1-2H3. The highest BCUT2D eigenvalue weighted by Crippen LogP contribution is 2.36. The van der Waals surface area contributed by atoms with Crippen LogP contribution in [0.2, 0.25) is 0 Å². The molecule has 0 aromatic carbocycles. The second-order valence-electron chi connectivity index (χ2n) is 4.80. The van der Waals surface area contributed by atoms with Gasteiger partial charge in [0.15, 0.2) is 0 Å². The smallest absolute Gasteiger partial charge is 0.0190 e. The lowest BCUT2D eigenvalue weighted by molar-refractivity contribution is 0.398. The maximum Gasteiger partial charge on any atom is 0.0190 e. The first kappa shape index (κ1) is 12.0. The van der Waals surface area contributed by atoms with E-state index in [4.69, 9.17) is 5.73 Å². The van der Waals surface area contributed by atoms with Crippen LogP contribution < -0.4 is 11.1 Å². The molecule has 0 radical (unpaired) electrons. The van der Waals surface area contributed by atoms with Crippen molar-refractivity contribution in [2.45, 2.75) is 52.0 Å².